The number of hydrogen-bond donors (Lipinski definition) is 0. The van der Waals surface area contributed by atoms with Crippen LogP contribution >= 0.6 is 11.3 Å². The van der Waals surface area contributed by atoms with E-state index in [1.807, 2.05) is 11.3 Å². The van der Waals surface area contributed by atoms with Crippen LogP contribution in [0.2, 0.25) is 0 Å². The van der Waals surface area contributed by atoms with E-state index in [1.165, 1.54) is 97.0 Å². The Labute approximate surface area is 272 Å². The zero-order valence-electron chi connectivity index (χ0n) is 25.8. The lowest BCUT2D eigenvalue weighted by molar-refractivity contribution is 0.661. The smallest absolute Gasteiger partial charge is 0.0355 e. The van der Waals surface area contributed by atoms with E-state index in [4.69, 9.17) is 0 Å². The van der Waals surface area contributed by atoms with E-state index in [9.17, 15) is 0 Å². The summed E-state index contributed by atoms with van der Waals surface area (Å²) in [6.07, 6.45) is 0. The summed E-state index contributed by atoms with van der Waals surface area (Å²) < 4.78 is 2.68. The zero-order valence-corrected chi connectivity index (χ0v) is 26.6. The SMILES string of the molecule is CC1(C)c2ccc(-c3c4ccccc4c(-c4ccc5sc6ccccc6c5c4)c4ccccc34)cc2-c2c1ccc1ccccc21. The van der Waals surface area contributed by atoms with Crippen molar-refractivity contribution in [2.75, 3.05) is 0 Å². The van der Waals surface area contributed by atoms with Gasteiger partial charge in [0.15, 0.2) is 0 Å². The van der Waals surface area contributed by atoms with Crippen molar-refractivity contribution >= 4 is 63.8 Å². The van der Waals surface area contributed by atoms with Gasteiger partial charge in [0.2, 0.25) is 0 Å². The molecule has 1 heteroatoms. The molecule has 0 saturated carbocycles. The molecule has 8 aromatic carbocycles. The summed E-state index contributed by atoms with van der Waals surface area (Å²) in [5, 5.41) is 10.5. The molecule has 0 saturated heterocycles. The second kappa shape index (κ2) is 9.39. The van der Waals surface area contributed by atoms with Gasteiger partial charge in [-0.1, -0.05) is 135 Å². The molecular formula is C45H30S. The molecule has 0 N–H and O–H groups in total. The highest BCUT2D eigenvalue weighted by Gasteiger charge is 2.36. The van der Waals surface area contributed by atoms with Crippen LogP contribution < -0.4 is 0 Å². The molecule has 0 radical (unpaired) electrons. The standard InChI is InChI=1S/C45H30S/c1-45(2)38-22-20-28(26-37(38)44-30-12-4-3-11-27(30)19-23-39(44)45)42-32-14-5-7-16-34(32)43(35-17-8-6-15-33(35)42)29-21-24-41-36(25-29)31-13-9-10-18-40(31)46-41/h3-26H,1-2H3. The van der Waals surface area contributed by atoms with E-state index in [0.717, 1.165) is 0 Å². The highest BCUT2D eigenvalue weighted by Crippen LogP contribution is 2.53. The Bertz CT molecular complexity index is 2660. The molecule has 0 spiro atoms. The third-order valence-corrected chi connectivity index (χ3v) is 11.6. The summed E-state index contributed by atoms with van der Waals surface area (Å²) in [5.74, 6) is 0. The Morgan fingerprint density at radius 1 is 0.391 bits per heavy atom. The molecule has 0 unspecified atom stereocenters. The van der Waals surface area contributed by atoms with E-state index in [-0.39, 0.29) is 5.41 Å². The zero-order chi connectivity index (χ0) is 30.6. The highest BCUT2D eigenvalue weighted by molar-refractivity contribution is 7.25. The van der Waals surface area contributed by atoms with Crippen LogP contribution in [0, 0.1) is 0 Å². The molecule has 9 aromatic rings. The summed E-state index contributed by atoms with van der Waals surface area (Å²) in [7, 11) is 0. The Morgan fingerprint density at radius 2 is 0.913 bits per heavy atom. The minimum Gasteiger partial charge on any atom is -0.135 e. The normalized spacial score (nSPS) is 13.6. The van der Waals surface area contributed by atoms with Gasteiger partial charge in [0.1, 0.15) is 0 Å². The number of benzene rings is 8. The van der Waals surface area contributed by atoms with Crippen molar-refractivity contribution in [1.82, 2.24) is 0 Å². The number of hydrogen-bond acceptors (Lipinski definition) is 1. The lowest BCUT2D eigenvalue weighted by atomic mass is 9.81. The average molecular weight is 603 g/mol. The minimum atomic E-state index is -0.0499. The van der Waals surface area contributed by atoms with Crippen LogP contribution in [0.1, 0.15) is 25.0 Å². The predicted octanol–water partition coefficient (Wildman–Crippen LogP) is 13.2. The third-order valence-electron chi connectivity index (χ3n) is 10.5. The van der Waals surface area contributed by atoms with Crippen LogP contribution in [-0.2, 0) is 5.41 Å². The summed E-state index contributed by atoms with van der Waals surface area (Å²) in [6, 6.07) is 54.6. The van der Waals surface area contributed by atoms with Crippen LogP contribution in [0.3, 0.4) is 0 Å². The molecule has 0 bridgehead atoms. The molecule has 0 fully saturated rings. The van der Waals surface area contributed by atoms with Crippen molar-refractivity contribution < 1.29 is 0 Å². The highest BCUT2D eigenvalue weighted by atomic mass is 32.1. The van der Waals surface area contributed by atoms with Crippen molar-refractivity contribution in [3.8, 4) is 33.4 Å². The molecule has 216 valence electrons. The quantitative estimate of drug-likeness (QED) is 0.173. The van der Waals surface area contributed by atoms with Crippen molar-refractivity contribution in [3.63, 3.8) is 0 Å². The van der Waals surface area contributed by atoms with Crippen molar-refractivity contribution in [1.29, 1.82) is 0 Å². The van der Waals surface area contributed by atoms with Crippen molar-refractivity contribution in [2.24, 2.45) is 0 Å². The fourth-order valence-corrected chi connectivity index (χ4v) is 9.40. The minimum absolute atomic E-state index is 0.0499. The van der Waals surface area contributed by atoms with Gasteiger partial charge in [0, 0.05) is 25.6 Å². The Balaban J connectivity index is 1.27. The van der Waals surface area contributed by atoms with Crippen LogP contribution in [0.15, 0.2) is 146 Å². The maximum Gasteiger partial charge on any atom is 0.0355 e. The number of rotatable bonds is 2. The number of thiophene rings is 1. The molecule has 1 aromatic heterocycles. The monoisotopic (exact) mass is 602 g/mol. The van der Waals surface area contributed by atoms with E-state index in [2.05, 4.69) is 159 Å². The van der Waals surface area contributed by atoms with Gasteiger partial charge in [-0.25, -0.2) is 0 Å². The molecule has 0 atom stereocenters. The average Bonchev–Trinajstić information content (AvgIpc) is 3.58. The first-order valence-corrected chi connectivity index (χ1v) is 16.9. The largest absolute Gasteiger partial charge is 0.135 e. The summed E-state index contributed by atoms with van der Waals surface area (Å²) >= 11 is 1.88. The fourth-order valence-electron chi connectivity index (χ4n) is 8.31. The van der Waals surface area contributed by atoms with Gasteiger partial charge in [-0.3, -0.25) is 0 Å². The van der Waals surface area contributed by atoms with Gasteiger partial charge >= 0.3 is 0 Å². The van der Waals surface area contributed by atoms with E-state index in [1.54, 1.807) is 0 Å². The lowest BCUT2D eigenvalue weighted by Crippen LogP contribution is -2.14. The molecule has 1 aliphatic carbocycles. The molecule has 1 heterocycles. The topological polar surface area (TPSA) is 0 Å². The van der Waals surface area contributed by atoms with Crippen LogP contribution in [0.25, 0.3) is 85.9 Å². The Morgan fingerprint density at radius 3 is 1.61 bits per heavy atom. The van der Waals surface area contributed by atoms with Gasteiger partial charge in [-0.05, 0) is 101 Å². The van der Waals surface area contributed by atoms with Gasteiger partial charge in [-0.15, -0.1) is 11.3 Å². The van der Waals surface area contributed by atoms with Gasteiger partial charge in [0.25, 0.3) is 0 Å². The summed E-state index contributed by atoms with van der Waals surface area (Å²) in [4.78, 5) is 0. The maximum atomic E-state index is 2.48. The van der Waals surface area contributed by atoms with E-state index in [0.29, 0.717) is 0 Å². The fraction of sp³-hybridized carbons (Fsp3) is 0.0667. The first-order valence-electron chi connectivity index (χ1n) is 16.1. The summed E-state index contributed by atoms with van der Waals surface area (Å²) in [5.41, 5.74) is 10.7. The first-order chi connectivity index (χ1) is 22.6. The molecule has 46 heavy (non-hydrogen) atoms. The molecule has 0 amide bonds. The predicted molar refractivity (Wildman–Crippen MR) is 200 cm³/mol. The first kappa shape index (κ1) is 26.0. The second-order valence-electron chi connectivity index (χ2n) is 13.2. The second-order valence-corrected chi connectivity index (χ2v) is 14.3. The molecular weight excluding hydrogens is 573 g/mol. The van der Waals surface area contributed by atoms with Crippen molar-refractivity contribution in [2.45, 2.75) is 19.3 Å². The third kappa shape index (κ3) is 3.49. The Kier molecular flexibility index (Phi) is 5.31. The van der Waals surface area contributed by atoms with Crippen LogP contribution in [-0.4, -0.2) is 0 Å². The Hall–Kier alpha value is -5.24. The van der Waals surface area contributed by atoms with E-state index < -0.39 is 0 Å². The van der Waals surface area contributed by atoms with Crippen molar-refractivity contribution in [3.05, 3.63) is 157 Å². The van der Waals surface area contributed by atoms with Gasteiger partial charge < -0.3 is 0 Å². The maximum absolute atomic E-state index is 2.48. The molecule has 0 nitrogen and oxygen atoms in total. The molecule has 10 rings (SSSR count). The molecule has 1 aliphatic rings. The van der Waals surface area contributed by atoms with Crippen LogP contribution in [0.4, 0.5) is 0 Å². The molecule has 0 aliphatic heterocycles. The lowest BCUT2D eigenvalue weighted by Gasteiger charge is -2.22. The van der Waals surface area contributed by atoms with Crippen LogP contribution in [0.5, 0.6) is 0 Å². The summed E-state index contributed by atoms with van der Waals surface area (Å²) in [6.45, 7) is 4.75. The van der Waals surface area contributed by atoms with Gasteiger partial charge in [-0.2, -0.15) is 0 Å². The van der Waals surface area contributed by atoms with E-state index >= 15 is 0 Å². The van der Waals surface area contributed by atoms with Gasteiger partial charge in [0.05, 0.1) is 0 Å². The number of fused-ring (bicyclic) bond motifs is 10.